The van der Waals surface area contributed by atoms with Gasteiger partial charge in [0, 0.05) is 24.3 Å². The molecule has 1 heterocycles. The first-order valence-corrected chi connectivity index (χ1v) is 8.60. The van der Waals surface area contributed by atoms with Crippen LogP contribution in [0.2, 0.25) is 0 Å². The number of aliphatic hydroxyl groups excluding tert-OH is 1. The molecule has 2 amide bonds. The third-order valence-corrected chi connectivity index (χ3v) is 4.92. The quantitative estimate of drug-likeness (QED) is 0.882. The van der Waals surface area contributed by atoms with Gasteiger partial charge in [-0.15, -0.1) is 0 Å². The van der Waals surface area contributed by atoms with E-state index in [1.54, 1.807) is 24.0 Å². The number of urea groups is 1. The van der Waals surface area contributed by atoms with Gasteiger partial charge in [-0.05, 0) is 43.4 Å². The van der Waals surface area contributed by atoms with Crippen molar-refractivity contribution in [3.05, 3.63) is 65.5 Å². The lowest BCUT2D eigenvalue weighted by molar-refractivity contribution is 0.0683. The maximum atomic E-state index is 13.6. The molecule has 1 aliphatic heterocycles. The van der Waals surface area contributed by atoms with Gasteiger partial charge in [0.25, 0.3) is 0 Å². The monoisotopic (exact) mass is 342 g/mol. The highest BCUT2D eigenvalue weighted by atomic mass is 19.1. The van der Waals surface area contributed by atoms with Crippen LogP contribution in [0.4, 0.5) is 14.9 Å². The standard InChI is InChI=1S/C20H23FN2O2/c1-14-17(21)8-5-9-18(14)22-20(25)23-12-10-16(11-13-23)19(24)15-6-3-2-4-7-15/h2-9,16,19,24H,10-13H2,1H3,(H,22,25). The van der Waals surface area contributed by atoms with Crippen LogP contribution >= 0.6 is 0 Å². The second-order valence-electron chi connectivity index (χ2n) is 6.52. The fraction of sp³-hybridized carbons (Fsp3) is 0.350. The van der Waals surface area contributed by atoms with Crippen LogP contribution in [0.3, 0.4) is 0 Å². The molecule has 25 heavy (non-hydrogen) atoms. The van der Waals surface area contributed by atoms with Gasteiger partial charge in [-0.2, -0.15) is 0 Å². The van der Waals surface area contributed by atoms with Crippen molar-refractivity contribution in [1.29, 1.82) is 0 Å². The van der Waals surface area contributed by atoms with Crippen molar-refractivity contribution < 1.29 is 14.3 Å². The molecule has 0 spiro atoms. The number of benzene rings is 2. The molecule has 2 N–H and O–H groups in total. The number of carbonyl (C=O) groups excluding carboxylic acids is 1. The Morgan fingerprint density at radius 1 is 1.16 bits per heavy atom. The Bertz CT molecular complexity index is 728. The normalized spacial score (nSPS) is 16.5. The second kappa shape index (κ2) is 7.66. The van der Waals surface area contributed by atoms with Crippen molar-refractivity contribution in [2.24, 2.45) is 5.92 Å². The topological polar surface area (TPSA) is 52.6 Å². The van der Waals surface area contributed by atoms with Gasteiger partial charge in [-0.25, -0.2) is 9.18 Å². The number of halogens is 1. The lowest BCUT2D eigenvalue weighted by Gasteiger charge is -2.34. The van der Waals surface area contributed by atoms with E-state index in [0.717, 1.165) is 18.4 Å². The molecule has 0 bridgehead atoms. The van der Waals surface area contributed by atoms with E-state index in [1.807, 2.05) is 30.3 Å². The molecule has 1 unspecified atom stereocenters. The van der Waals surface area contributed by atoms with Crippen molar-refractivity contribution in [2.45, 2.75) is 25.9 Å². The maximum absolute atomic E-state index is 13.6. The van der Waals surface area contributed by atoms with E-state index in [-0.39, 0.29) is 17.8 Å². The molecule has 132 valence electrons. The zero-order chi connectivity index (χ0) is 17.8. The van der Waals surface area contributed by atoms with E-state index in [4.69, 9.17) is 0 Å². The molecular weight excluding hydrogens is 319 g/mol. The number of hydrogen-bond donors (Lipinski definition) is 2. The smallest absolute Gasteiger partial charge is 0.321 e. The van der Waals surface area contributed by atoms with Gasteiger partial charge < -0.3 is 15.3 Å². The highest BCUT2D eigenvalue weighted by molar-refractivity contribution is 5.90. The summed E-state index contributed by atoms with van der Waals surface area (Å²) >= 11 is 0. The molecule has 0 aromatic heterocycles. The summed E-state index contributed by atoms with van der Waals surface area (Å²) in [5.74, 6) is -0.190. The van der Waals surface area contributed by atoms with Gasteiger partial charge in [0.1, 0.15) is 5.82 Å². The van der Waals surface area contributed by atoms with Crippen molar-refractivity contribution in [3.63, 3.8) is 0 Å². The Morgan fingerprint density at radius 2 is 1.84 bits per heavy atom. The van der Waals surface area contributed by atoms with Crippen LogP contribution in [0.25, 0.3) is 0 Å². The zero-order valence-corrected chi connectivity index (χ0v) is 14.3. The molecule has 4 nitrogen and oxygen atoms in total. The lowest BCUT2D eigenvalue weighted by atomic mass is 9.87. The summed E-state index contributed by atoms with van der Waals surface area (Å²) in [6.45, 7) is 2.80. The van der Waals surface area contributed by atoms with Crippen LogP contribution < -0.4 is 5.32 Å². The number of likely N-dealkylation sites (tertiary alicyclic amines) is 1. The van der Waals surface area contributed by atoms with Crippen LogP contribution in [0.15, 0.2) is 48.5 Å². The zero-order valence-electron chi connectivity index (χ0n) is 14.3. The molecule has 1 aliphatic rings. The predicted molar refractivity (Wildman–Crippen MR) is 95.9 cm³/mol. The number of amides is 2. The molecule has 0 saturated carbocycles. The van der Waals surface area contributed by atoms with Crippen LogP contribution in [0.1, 0.15) is 30.1 Å². The number of anilines is 1. The fourth-order valence-corrected chi connectivity index (χ4v) is 3.28. The maximum Gasteiger partial charge on any atom is 0.321 e. The SMILES string of the molecule is Cc1c(F)cccc1NC(=O)N1CCC(C(O)c2ccccc2)CC1. The second-order valence-corrected chi connectivity index (χ2v) is 6.52. The van der Waals surface area contributed by atoms with E-state index in [0.29, 0.717) is 24.3 Å². The van der Waals surface area contributed by atoms with Gasteiger partial charge >= 0.3 is 6.03 Å². The Morgan fingerprint density at radius 3 is 2.52 bits per heavy atom. The van der Waals surface area contributed by atoms with Crippen molar-refractivity contribution in [3.8, 4) is 0 Å². The summed E-state index contributed by atoms with van der Waals surface area (Å²) in [5, 5.41) is 13.3. The van der Waals surface area contributed by atoms with E-state index >= 15 is 0 Å². The van der Waals surface area contributed by atoms with Gasteiger partial charge in [0.15, 0.2) is 0 Å². The number of carbonyl (C=O) groups is 1. The predicted octanol–water partition coefficient (Wildman–Crippen LogP) is 4.11. The number of nitrogens with zero attached hydrogens (tertiary/aromatic N) is 1. The molecule has 1 fully saturated rings. The third kappa shape index (κ3) is 3.99. The molecule has 3 rings (SSSR count). The summed E-state index contributed by atoms with van der Waals surface area (Å²) < 4.78 is 13.6. The van der Waals surface area contributed by atoms with Gasteiger partial charge in [-0.1, -0.05) is 36.4 Å². The molecular formula is C20H23FN2O2. The average molecular weight is 342 g/mol. The lowest BCUT2D eigenvalue weighted by Crippen LogP contribution is -2.42. The van der Waals surface area contributed by atoms with Crippen molar-refractivity contribution in [1.82, 2.24) is 4.90 Å². The minimum atomic E-state index is -0.503. The largest absolute Gasteiger partial charge is 0.388 e. The highest BCUT2D eigenvalue weighted by Crippen LogP contribution is 2.31. The first-order valence-electron chi connectivity index (χ1n) is 8.60. The van der Waals surface area contributed by atoms with Crippen LogP contribution in [0, 0.1) is 18.7 Å². The Kier molecular flexibility index (Phi) is 5.34. The summed E-state index contributed by atoms with van der Waals surface area (Å²) in [7, 11) is 0. The van der Waals surface area contributed by atoms with E-state index in [2.05, 4.69) is 5.32 Å². The Hall–Kier alpha value is -2.40. The summed E-state index contributed by atoms with van der Waals surface area (Å²) in [4.78, 5) is 14.1. The van der Waals surface area contributed by atoms with E-state index in [9.17, 15) is 14.3 Å². The Balaban J connectivity index is 1.57. The number of hydrogen-bond acceptors (Lipinski definition) is 2. The van der Waals surface area contributed by atoms with Gasteiger partial charge in [0.05, 0.1) is 6.10 Å². The van der Waals surface area contributed by atoms with Gasteiger partial charge in [-0.3, -0.25) is 0 Å². The van der Waals surface area contributed by atoms with Crippen LogP contribution in [-0.2, 0) is 0 Å². The fourth-order valence-electron chi connectivity index (χ4n) is 3.28. The minimum absolute atomic E-state index is 0.141. The Labute approximate surface area is 147 Å². The number of aliphatic hydroxyl groups is 1. The van der Waals surface area contributed by atoms with Crippen LogP contribution in [0.5, 0.6) is 0 Å². The average Bonchev–Trinajstić information content (AvgIpc) is 2.65. The number of rotatable bonds is 3. The first kappa shape index (κ1) is 17.4. The highest BCUT2D eigenvalue weighted by Gasteiger charge is 2.28. The molecule has 0 aliphatic carbocycles. The van der Waals surface area contributed by atoms with Crippen molar-refractivity contribution >= 4 is 11.7 Å². The van der Waals surface area contributed by atoms with Crippen molar-refractivity contribution in [2.75, 3.05) is 18.4 Å². The molecule has 2 aromatic carbocycles. The minimum Gasteiger partial charge on any atom is -0.388 e. The van der Waals surface area contributed by atoms with Gasteiger partial charge in [0.2, 0.25) is 0 Å². The van der Waals surface area contributed by atoms with E-state index < -0.39 is 6.10 Å². The molecule has 2 aromatic rings. The summed E-state index contributed by atoms with van der Waals surface area (Å²) in [6.07, 6.45) is 0.980. The first-order chi connectivity index (χ1) is 12.1. The molecule has 1 saturated heterocycles. The number of nitrogens with one attached hydrogen (secondary N) is 1. The number of piperidine rings is 1. The summed E-state index contributed by atoms with van der Waals surface area (Å²) in [6, 6.07) is 14.1. The summed E-state index contributed by atoms with van der Waals surface area (Å²) in [5.41, 5.74) is 1.85. The van der Waals surface area contributed by atoms with E-state index in [1.165, 1.54) is 6.07 Å². The van der Waals surface area contributed by atoms with Crippen LogP contribution in [-0.4, -0.2) is 29.1 Å². The molecule has 1 atom stereocenters. The third-order valence-electron chi connectivity index (χ3n) is 4.92. The molecule has 5 heteroatoms. The molecule has 0 radical (unpaired) electrons.